The van der Waals surface area contributed by atoms with E-state index in [-0.39, 0.29) is 28.6 Å². The Morgan fingerprint density at radius 1 is 1.76 bits per heavy atom. The minimum absolute atomic E-state index is 0.0904. The van der Waals surface area contributed by atoms with Gasteiger partial charge in [0.15, 0.2) is 0 Å². The number of methoxy groups -OCH3 is 1. The number of ether oxygens (including phenoxy) is 1. The highest BCUT2D eigenvalue weighted by molar-refractivity contribution is 9.09. The zero-order valence-corrected chi connectivity index (χ0v) is 10.9. The summed E-state index contributed by atoms with van der Waals surface area (Å²) in [5, 5.41) is 10.7. The summed E-state index contributed by atoms with van der Waals surface area (Å²) in [4.78, 5) is 21.6. The van der Waals surface area contributed by atoms with Gasteiger partial charge in [0.1, 0.15) is 5.67 Å². The fourth-order valence-electron chi connectivity index (χ4n) is 1.59. The summed E-state index contributed by atoms with van der Waals surface area (Å²) in [5.74, 6) is -0.774. The lowest BCUT2D eigenvalue weighted by Crippen LogP contribution is -2.31. The highest BCUT2D eigenvalue weighted by Crippen LogP contribution is 2.36. The second-order valence-corrected chi connectivity index (χ2v) is 4.28. The summed E-state index contributed by atoms with van der Waals surface area (Å²) in [6.45, 7) is 1.41. The van der Waals surface area contributed by atoms with Crippen LogP contribution in [0.4, 0.5) is 4.39 Å². The topological polar surface area (TPSA) is 69.4 Å². The van der Waals surface area contributed by atoms with Gasteiger partial charge >= 0.3 is 5.97 Å². The first-order valence-electron chi connectivity index (χ1n) is 4.75. The Kier molecular flexibility index (Phi) is 4.03. The van der Waals surface area contributed by atoms with Crippen molar-refractivity contribution < 1.29 is 18.8 Å². The molecule has 0 saturated heterocycles. The van der Waals surface area contributed by atoms with Crippen LogP contribution in [0.25, 0.3) is 0 Å². The molecule has 0 aliphatic heterocycles. The van der Waals surface area contributed by atoms with E-state index in [9.17, 15) is 19.3 Å². The van der Waals surface area contributed by atoms with Crippen molar-refractivity contribution in [3.8, 4) is 0 Å². The van der Waals surface area contributed by atoms with Gasteiger partial charge in [-0.05, 0) is 13.0 Å². The zero-order valence-electron chi connectivity index (χ0n) is 9.33. The monoisotopic (exact) mass is 307 g/mol. The lowest BCUT2D eigenvalue weighted by molar-refractivity contribution is -0.430. The number of nitro groups is 1. The first-order chi connectivity index (χ1) is 7.84. The molecule has 1 rings (SSSR count). The molecule has 0 spiro atoms. The van der Waals surface area contributed by atoms with E-state index in [2.05, 4.69) is 20.7 Å². The van der Waals surface area contributed by atoms with Crippen molar-refractivity contribution in [3.63, 3.8) is 0 Å². The minimum atomic E-state index is -1.94. The standard InChI is InChI=1S/C10H11BrFNO4/c1-6-7(9(14)17-2)3-10(12,5-11)4-8(6)13(15)16/h3H,4-5H2,1-2H3. The lowest BCUT2D eigenvalue weighted by atomic mass is 9.88. The van der Waals surface area contributed by atoms with Gasteiger partial charge in [-0.1, -0.05) is 15.9 Å². The molecular formula is C10H11BrFNO4. The summed E-state index contributed by atoms with van der Waals surface area (Å²) in [6, 6.07) is 0. The Balaban J connectivity index is 3.30. The smallest absolute Gasteiger partial charge is 0.338 e. The van der Waals surface area contributed by atoms with E-state index in [0.717, 1.165) is 13.2 Å². The average Bonchev–Trinajstić information content (AvgIpc) is 2.30. The van der Waals surface area contributed by atoms with Gasteiger partial charge in [0.2, 0.25) is 0 Å². The summed E-state index contributed by atoms with van der Waals surface area (Å²) >= 11 is 2.95. The van der Waals surface area contributed by atoms with Crippen molar-refractivity contribution in [2.45, 2.75) is 19.0 Å². The predicted octanol–water partition coefficient (Wildman–Crippen LogP) is 2.14. The van der Waals surface area contributed by atoms with E-state index >= 15 is 0 Å². The fourth-order valence-corrected chi connectivity index (χ4v) is 1.95. The van der Waals surface area contributed by atoms with E-state index in [0.29, 0.717) is 0 Å². The van der Waals surface area contributed by atoms with Gasteiger partial charge in [0.05, 0.1) is 24.0 Å². The Morgan fingerprint density at radius 2 is 2.35 bits per heavy atom. The molecule has 0 aromatic heterocycles. The van der Waals surface area contributed by atoms with Gasteiger partial charge < -0.3 is 4.74 Å². The molecule has 0 radical (unpaired) electrons. The average molecular weight is 308 g/mol. The highest BCUT2D eigenvalue weighted by Gasteiger charge is 2.40. The number of hydrogen-bond donors (Lipinski definition) is 0. The van der Waals surface area contributed by atoms with Crippen molar-refractivity contribution in [2.75, 3.05) is 12.4 Å². The van der Waals surface area contributed by atoms with Crippen LogP contribution < -0.4 is 0 Å². The SMILES string of the molecule is COC(=O)C1=CC(F)(CBr)CC([N+](=O)[O-])=C1C. The Hall–Kier alpha value is -1.24. The van der Waals surface area contributed by atoms with Gasteiger partial charge in [0, 0.05) is 10.9 Å². The maximum atomic E-state index is 14.2. The second kappa shape index (κ2) is 4.95. The zero-order chi connectivity index (χ0) is 13.2. The van der Waals surface area contributed by atoms with Gasteiger partial charge in [-0.3, -0.25) is 10.1 Å². The Morgan fingerprint density at radius 3 is 2.76 bits per heavy atom. The molecule has 0 saturated carbocycles. The normalized spacial score (nSPS) is 24.4. The van der Waals surface area contributed by atoms with Crippen LogP contribution in [0.15, 0.2) is 22.9 Å². The van der Waals surface area contributed by atoms with Crippen LogP contribution in [0.5, 0.6) is 0 Å². The number of hydrogen-bond acceptors (Lipinski definition) is 4. The molecule has 0 N–H and O–H groups in total. The number of esters is 1. The van der Waals surface area contributed by atoms with E-state index in [1.807, 2.05) is 0 Å². The molecule has 0 amide bonds. The summed E-state index contributed by atoms with van der Waals surface area (Å²) in [5.41, 5.74) is -2.18. The molecule has 7 heteroatoms. The fraction of sp³-hybridized carbons (Fsp3) is 0.500. The third kappa shape index (κ3) is 2.71. The number of carbonyl (C=O) groups excluding carboxylic acids is 1. The van der Waals surface area contributed by atoms with Crippen LogP contribution in [0.2, 0.25) is 0 Å². The molecule has 0 aromatic rings. The predicted molar refractivity (Wildman–Crippen MR) is 62.0 cm³/mol. The molecule has 0 bridgehead atoms. The molecule has 0 fully saturated rings. The van der Waals surface area contributed by atoms with Crippen LogP contribution in [0.3, 0.4) is 0 Å². The number of halogens is 2. The van der Waals surface area contributed by atoms with Gasteiger partial charge in [0.25, 0.3) is 5.70 Å². The van der Waals surface area contributed by atoms with E-state index in [4.69, 9.17) is 0 Å². The molecule has 17 heavy (non-hydrogen) atoms. The van der Waals surface area contributed by atoms with Crippen LogP contribution in [0, 0.1) is 10.1 Å². The number of carbonyl (C=O) groups is 1. The van der Waals surface area contributed by atoms with Crippen molar-refractivity contribution in [1.82, 2.24) is 0 Å². The van der Waals surface area contributed by atoms with Crippen molar-refractivity contribution in [1.29, 1.82) is 0 Å². The molecule has 1 aliphatic rings. The maximum absolute atomic E-state index is 14.2. The molecule has 1 aliphatic carbocycles. The van der Waals surface area contributed by atoms with E-state index < -0.39 is 16.6 Å². The minimum Gasteiger partial charge on any atom is -0.465 e. The van der Waals surface area contributed by atoms with Gasteiger partial charge in [-0.15, -0.1) is 0 Å². The summed E-state index contributed by atoms with van der Waals surface area (Å²) < 4.78 is 18.6. The molecular weight excluding hydrogens is 297 g/mol. The van der Waals surface area contributed by atoms with Crippen LogP contribution >= 0.6 is 15.9 Å². The molecule has 0 heterocycles. The highest BCUT2D eigenvalue weighted by atomic mass is 79.9. The molecule has 5 nitrogen and oxygen atoms in total. The molecule has 94 valence electrons. The lowest BCUT2D eigenvalue weighted by Gasteiger charge is -2.24. The van der Waals surface area contributed by atoms with Gasteiger partial charge in [-0.2, -0.15) is 0 Å². The maximum Gasteiger partial charge on any atom is 0.338 e. The summed E-state index contributed by atoms with van der Waals surface area (Å²) in [6.07, 6.45) is 0.716. The third-order valence-electron chi connectivity index (χ3n) is 2.55. The number of nitrogens with zero attached hydrogens (tertiary/aromatic N) is 1. The molecule has 1 atom stereocenters. The largest absolute Gasteiger partial charge is 0.465 e. The number of rotatable bonds is 3. The molecule has 1 unspecified atom stereocenters. The quantitative estimate of drug-likeness (QED) is 0.347. The first kappa shape index (κ1) is 13.8. The van der Waals surface area contributed by atoms with Crippen LogP contribution in [0.1, 0.15) is 13.3 Å². The molecule has 0 aromatic carbocycles. The first-order valence-corrected chi connectivity index (χ1v) is 5.87. The van der Waals surface area contributed by atoms with E-state index in [1.54, 1.807) is 0 Å². The van der Waals surface area contributed by atoms with Crippen molar-refractivity contribution in [3.05, 3.63) is 33.0 Å². The third-order valence-corrected chi connectivity index (χ3v) is 3.48. The van der Waals surface area contributed by atoms with Crippen LogP contribution in [-0.4, -0.2) is 29.0 Å². The number of alkyl halides is 2. The van der Waals surface area contributed by atoms with Crippen molar-refractivity contribution >= 4 is 21.9 Å². The van der Waals surface area contributed by atoms with Gasteiger partial charge in [-0.25, -0.2) is 9.18 Å². The Labute approximate surface area is 106 Å². The summed E-state index contributed by atoms with van der Waals surface area (Å²) in [7, 11) is 1.14. The van der Waals surface area contributed by atoms with Crippen LogP contribution in [-0.2, 0) is 9.53 Å². The number of allylic oxidation sites excluding steroid dienone is 2. The second-order valence-electron chi connectivity index (χ2n) is 3.72. The van der Waals surface area contributed by atoms with E-state index in [1.165, 1.54) is 6.92 Å². The van der Waals surface area contributed by atoms with Crippen molar-refractivity contribution in [2.24, 2.45) is 0 Å². The Bertz CT molecular complexity index is 432.